The molecule has 260 valence electrons. The summed E-state index contributed by atoms with van der Waals surface area (Å²) in [7, 11) is -5.03. The number of hydroxylamine groups is 2. The van der Waals surface area contributed by atoms with Gasteiger partial charge in [-0.1, -0.05) is 5.16 Å². The van der Waals surface area contributed by atoms with Crippen molar-refractivity contribution in [2.45, 2.75) is 75.8 Å². The molecule has 0 spiro atoms. The number of aliphatic imine (C=N–C) groups is 1. The van der Waals surface area contributed by atoms with E-state index in [1.54, 1.807) is 12.1 Å². The molecular weight excluding hydrogens is 672 g/mol. The van der Waals surface area contributed by atoms with Crippen molar-refractivity contribution in [3.63, 3.8) is 0 Å². The lowest BCUT2D eigenvalue weighted by molar-refractivity contribution is -0.218. The molecule has 18 nitrogen and oxygen atoms in total. The molecule has 1 aromatic carbocycles. The first kappa shape index (κ1) is 35.0. The summed E-state index contributed by atoms with van der Waals surface area (Å²) in [5, 5.41) is 21.7. The van der Waals surface area contributed by atoms with Crippen molar-refractivity contribution >= 4 is 56.2 Å². The summed E-state index contributed by atoms with van der Waals surface area (Å²) in [6.45, 7) is 5.71. The van der Waals surface area contributed by atoms with E-state index >= 15 is 0 Å². The second-order valence-corrected chi connectivity index (χ2v) is 14.1. The molecule has 3 aliphatic rings. The molecule has 2 saturated heterocycles. The van der Waals surface area contributed by atoms with Crippen molar-refractivity contribution in [3.05, 3.63) is 40.4 Å². The normalized spacial score (nSPS) is 24.0. The summed E-state index contributed by atoms with van der Waals surface area (Å²) in [5.74, 6) is -2.61. The van der Waals surface area contributed by atoms with Crippen molar-refractivity contribution < 1.29 is 46.3 Å². The molecule has 5 rings (SSSR count). The van der Waals surface area contributed by atoms with E-state index in [9.17, 15) is 27.9 Å². The molecule has 1 aromatic heterocycles. The first-order valence-electron chi connectivity index (χ1n) is 14.9. The largest absolute Gasteiger partial charge is 0.485 e. The van der Waals surface area contributed by atoms with Crippen LogP contribution in [0.5, 0.6) is 5.75 Å². The number of β-lactam (4-membered cyclic amide) rings is 1. The van der Waals surface area contributed by atoms with Gasteiger partial charge < -0.3 is 36.8 Å². The number of nitrogens with zero attached hydrogens (tertiary/aromatic N) is 4. The van der Waals surface area contributed by atoms with E-state index < -0.39 is 57.2 Å². The third-order valence-corrected chi connectivity index (χ3v) is 9.37. The van der Waals surface area contributed by atoms with E-state index in [1.807, 2.05) is 6.07 Å². The number of oxime groups is 1. The SMILES string of the molecule is CC(O/N=C(\C(=O)N[C@@H]1C(=O)N(OS(=O)(=O)O)C1(C)C)c1csc(N)n1)(C(=O)O)[C@H]1CCc2cc(C(N)=N[C@@H]3CCCNC3)ccc2O1. The zero-order chi connectivity index (χ0) is 35.0. The lowest BCUT2D eigenvalue weighted by Gasteiger charge is -2.50. The van der Waals surface area contributed by atoms with Gasteiger partial charge in [0.2, 0.25) is 0 Å². The second kappa shape index (κ2) is 13.3. The lowest BCUT2D eigenvalue weighted by atomic mass is 9.84. The van der Waals surface area contributed by atoms with Gasteiger partial charge in [-0.15, -0.1) is 15.6 Å². The number of nitrogens with one attached hydrogen (secondary N) is 2. The number of carboxylic acids is 1. The van der Waals surface area contributed by atoms with Crippen molar-refractivity contribution in [2.75, 3.05) is 18.8 Å². The summed E-state index contributed by atoms with van der Waals surface area (Å²) >= 11 is 0.968. The number of benzene rings is 1. The minimum atomic E-state index is -5.03. The maximum absolute atomic E-state index is 13.4. The quantitative estimate of drug-likeness (QED) is 0.0589. The van der Waals surface area contributed by atoms with Crippen molar-refractivity contribution in [2.24, 2.45) is 15.9 Å². The van der Waals surface area contributed by atoms with Crippen LogP contribution in [0, 0.1) is 0 Å². The maximum Gasteiger partial charge on any atom is 0.418 e. The number of carbonyl (C=O) groups is 3. The molecule has 2 fully saturated rings. The fourth-order valence-corrected chi connectivity index (χ4v) is 6.55. The van der Waals surface area contributed by atoms with Crippen LogP contribution < -0.4 is 26.8 Å². The second-order valence-electron chi connectivity index (χ2n) is 12.2. The molecule has 0 bridgehead atoms. The highest BCUT2D eigenvalue weighted by Gasteiger charge is 2.58. The summed E-state index contributed by atoms with van der Waals surface area (Å²) in [4.78, 5) is 52.9. The van der Waals surface area contributed by atoms with Crippen LogP contribution in [0.15, 0.2) is 33.7 Å². The predicted octanol–water partition coefficient (Wildman–Crippen LogP) is -0.0196. The van der Waals surface area contributed by atoms with Gasteiger partial charge in [0.15, 0.2) is 16.9 Å². The highest BCUT2D eigenvalue weighted by Crippen LogP contribution is 2.35. The van der Waals surface area contributed by atoms with Gasteiger partial charge in [0.25, 0.3) is 17.4 Å². The average molecular weight is 709 g/mol. The number of thiazole rings is 1. The van der Waals surface area contributed by atoms with Crippen molar-refractivity contribution in [3.8, 4) is 5.75 Å². The zero-order valence-electron chi connectivity index (χ0n) is 26.2. The summed E-state index contributed by atoms with van der Waals surface area (Å²) in [5.41, 5.74) is 9.44. The third-order valence-electron chi connectivity index (χ3n) is 8.36. The minimum absolute atomic E-state index is 0.0620. The number of amides is 2. The lowest BCUT2D eigenvalue weighted by Crippen LogP contribution is -2.76. The van der Waals surface area contributed by atoms with E-state index in [0.29, 0.717) is 23.1 Å². The topological polar surface area (TPSA) is 270 Å². The average Bonchev–Trinajstić information content (AvgIpc) is 3.47. The molecule has 0 aliphatic carbocycles. The number of amidine groups is 1. The van der Waals surface area contributed by atoms with Crippen LogP contribution in [0.2, 0.25) is 0 Å². The summed E-state index contributed by atoms with van der Waals surface area (Å²) in [6, 6.07) is 4.05. The number of ether oxygens (including phenoxy) is 1. The monoisotopic (exact) mass is 708 g/mol. The number of rotatable bonds is 11. The van der Waals surface area contributed by atoms with Gasteiger partial charge in [0.1, 0.15) is 23.3 Å². The number of hydrogen-bond acceptors (Lipinski definition) is 14. The number of aliphatic carboxylic acids is 1. The Balaban J connectivity index is 1.35. The van der Waals surface area contributed by atoms with Gasteiger partial charge in [-0.05, 0) is 76.8 Å². The highest BCUT2D eigenvalue weighted by atomic mass is 32.3. The number of nitrogens with two attached hydrogens (primary N) is 2. The van der Waals surface area contributed by atoms with E-state index in [4.69, 9.17) is 25.6 Å². The highest BCUT2D eigenvalue weighted by molar-refractivity contribution is 7.80. The predicted molar refractivity (Wildman–Crippen MR) is 171 cm³/mol. The molecular formula is C28H36N8O10S2. The number of fused-ring (bicyclic) bond motifs is 1. The van der Waals surface area contributed by atoms with Crippen LogP contribution in [-0.4, -0.2) is 99.9 Å². The minimum Gasteiger partial charge on any atom is -0.485 e. The van der Waals surface area contributed by atoms with Gasteiger partial charge >= 0.3 is 16.4 Å². The Morgan fingerprint density at radius 3 is 2.67 bits per heavy atom. The summed E-state index contributed by atoms with van der Waals surface area (Å²) < 4.78 is 41.7. The van der Waals surface area contributed by atoms with Crippen LogP contribution in [0.1, 0.15) is 56.9 Å². The van der Waals surface area contributed by atoms with Crippen molar-refractivity contribution in [1.29, 1.82) is 0 Å². The Hall–Kier alpha value is -4.37. The van der Waals surface area contributed by atoms with Gasteiger partial charge in [0.05, 0.1) is 11.6 Å². The van der Waals surface area contributed by atoms with E-state index in [0.717, 1.165) is 48.4 Å². The number of hydrogen-bond donors (Lipinski definition) is 6. The van der Waals surface area contributed by atoms with Crippen molar-refractivity contribution in [1.82, 2.24) is 20.7 Å². The number of aromatic nitrogens is 1. The van der Waals surface area contributed by atoms with Crippen LogP contribution in [0.3, 0.4) is 0 Å². The Kier molecular flexibility index (Phi) is 9.66. The number of anilines is 1. The van der Waals surface area contributed by atoms with Gasteiger partial charge in [-0.25, -0.2) is 9.78 Å². The fourth-order valence-electron chi connectivity index (χ4n) is 5.55. The number of aryl methyl sites for hydroxylation is 1. The standard InChI is InChI=1S/C28H36N8O10S2/c1-27(2)21(24(38)36(27)46-48(41,42)43)34-23(37)20(17-13-47-26(30)33-17)35-45-28(3,25(39)40)19-9-7-14-11-15(6-8-18(14)44-19)22(29)32-16-5-4-10-31-12-16/h6,8,11,13,16,19,21,31H,4-5,7,9-10,12H2,1-3H3,(H2,29,32)(H2,30,33)(H,34,37)(H,39,40)(H,41,42,43)/b35-20-/t16-,19-,21-,28?/m1/s1. The molecule has 20 heteroatoms. The molecule has 0 saturated carbocycles. The summed E-state index contributed by atoms with van der Waals surface area (Å²) in [6.07, 6.45) is 1.53. The van der Waals surface area contributed by atoms with Crippen LogP contribution in [0.4, 0.5) is 5.13 Å². The van der Waals surface area contributed by atoms with E-state index in [2.05, 4.69) is 30.0 Å². The molecule has 2 aromatic rings. The molecule has 0 radical (unpaired) electrons. The molecule has 2 amide bonds. The smallest absolute Gasteiger partial charge is 0.418 e. The first-order chi connectivity index (χ1) is 22.5. The number of piperidine rings is 1. The van der Waals surface area contributed by atoms with Crippen LogP contribution >= 0.6 is 11.3 Å². The molecule has 4 atom stereocenters. The number of carbonyl (C=O) groups excluding carboxylic acids is 2. The molecule has 4 heterocycles. The Bertz CT molecular complexity index is 1770. The Labute approximate surface area is 279 Å². The maximum atomic E-state index is 13.4. The van der Waals surface area contributed by atoms with E-state index in [-0.39, 0.29) is 23.3 Å². The van der Waals surface area contributed by atoms with E-state index in [1.165, 1.54) is 26.2 Å². The Morgan fingerprint density at radius 1 is 1.31 bits per heavy atom. The Morgan fingerprint density at radius 2 is 2.06 bits per heavy atom. The molecule has 1 unspecified atom stereocenters. The van der Waals surface area contributed by atoms with Gasteiger partial charge in [-0.2, -0.15) is 13.5 Å². The molecule has 8 N–H and O–H groups in total. The number of carboxylic acid groups (broad SMARTS) is 1. The van der Waals surface area contributed by atoms with Crippen LogP contribution in [-0.2, 0) is 40.3 Å². The fraction of sp³-hybridized carbons (Fsp3) is 0.500. The molecule has 48 heavy (non-hydrogen) atoms. The molecule has 3 aliphatic heterocycles. The van der Waals surface area contributed by atoms with Gasteiger partial charge in [-0.3, -0.25) is 19.1 Å². The zero-order valence-corrected chi connectivity index (χ0v) is 27.8. The third kappa shape index (κ3) is 7.21. The van der Waals surface area contributed by atoms with Crippen LogP contribution in [0.25, 0.3) is 0 Å². The number of nitrogen functional groups attached to an aromatic ring is 1. The van der Waals surface area contributed by atoms with Gasteiger partial charge in [0, 0.05) is 17.5 Å². The first-order valence-corrected chi connectivity index (χ1v) is 17.1.